The van der Waals surface area contributed by atoms with Gasteiger partial charge in [0.25, 0.3) is 0 Å². The maximum Gasteiger partial charge on any atom is 0.243 e. The molecule has 7 heteroatoms. The van der Waals surface area contributed by atoms with E-state index >= 15 is 0 Å². The van der Waals surface area contributed by atoms with Crippen LogP contribution in [0.5, 0.6) is 0 Å². The molecule has 1 aliphatic heterocycles. The summed E-state index contributed by atoms with van der Waals surface area (Å²) in [5, 5.41) is 11.3. The lowest BCUT2D eigenvalue weighted by Gasteiger charge is -2.22. The smallest absolute Gasteiger partial charge is 0.243 e. The van der Waals surface area contributed by atoms with Gasteiger partial charge in [-0.15, -0.1) is 0 Å². The average Bonchev–Trinajstić information content (AvgIpc) is 2.96. The molecule has 0 radical (unpaired) electrons. The number of nitriles is 1. The van der Waals surface area contributed by atoms with Gasteiger partial charge in [0.15, 0.2) is 0 Å². The molecule has 1 amide bonds. The predicted molar refractivity (Wildman–Crippen MR) is 72.1 cm³/mol. The fourth-order valence-electron chi connectivity index (χ4n) is 2.32. The number of rotatable bonds is 3. The fraction of sp³-hybridized carbons (Fsp3) is 0.385. The van der Waals surface area contributed by atoms with Crippen LogP contribution in [0.15, 0.2) is 29.2 Å². The number of carbonyl (C=O) groups excluding carboxylic acids is 1. The molecule has 6 nitrogen and oxygen atoms in total. The number of sulfonamides is 1. The topological polar surface area (TPSA) is 90.3 Å². The summed E-state index contributed by atoms with van der Waals surface area (Å²) in [6.07, 6.45) is 1.16. The molecule has 1 heterocycles. The molecule has 0 aromatic heterocycles. The first-order valence-corrected chi connectivity index (χ1v) is 7.68. The molecule has 0 bridgehead atoms. The lowest BCUT2D eigenvalue weighted by atomic mass is 10.2. The minimum absolute atomic E-state index is 0.0485. The van der Waals surface area contributed by atoms with Gasteiger partial charge in [0.05, 0.1) is 16.5 Å². The number of benzene rings is 1. The van der Waals surface area contributed by atoms with Crippen molar-refractivity contribution >= 4 is 15.9 Å². The highest BCUT2D eigenvalue weighted by atomic mass is 32.2. The third-order valence-corrected chi connectivity index (χ3v) is 5.23. The van der Waals surface area contributed by atoms with Gasteiger partial charge in [-0.3, -0.25) is 4.79 Å². The zero-order valence-corrected chi connectivity index (χ0v) is 11.9. The first-order valence-electron chi connectivity index (χ1n) is 6.24. The summed E-state index contributed by atoms with van der Waals surface area (Å²) >= 11 is 0. The number of hydrogen-bond acceptors (Lipinski definition) is 4. The van der Waals surface area contributed by atoms with Crippen LogP contribution in [0.2, 0.25) is 0 Å². The van der Waals surface area contributed by atoms with E-state index < -0.39 is 16.1 Å². The Morgan fingerprint density at radius 2 is 2.25 bits per heavy atom. The first kappa shape index (κ1) is 14.5. The van der Waals surface area contributed by atoms with Gasteiger partial charge in [0, 0.05) is 13.6 Å². The molecule has 106 valence electrons. The molecule has 1 N–H and O–H groups in total. The lowest BCUT2D eigenvalue weighted by Crippen LogP contribution is -2.44. The van der Waals surface area contributed by atoms with E-state index in [4.69, 9.17) is 5.26 Å². The molecular formula is C13H15N3O3S. The molecule has 20 heavy (non-hydrogen) atoms. The van der Waals surface area contributed by atoms with Gasteiger partial charge in [-0.1, -0.05) is 6.07 Å². The number of hydrogen-bond donors (Lipinski definition) is 1. The van der Waals surface area contributed by atoms with E-state index in [9.17, 15) is 13.2 Å². The van der Waals surface area contributed by atoms with Crippen molar-refractivity contribution in [3.63, 3.8) is 0 Å². The van der Waals surface area contributed by atoms with E-state index in [1.807, 2.05) is 6.07 Å². The van der Waals surface area contributed by atoms with E-state index in [0.717, 1.165) is 0 Å². The molecule has 1 atom stereocenters. The largest absolute Gasteiger partial charge is 0.358 e. The van der Waals surface area contributed by atoms with Crippen LogP contribution in [0.25, 0.3) is 0 Å². The van der Waals surface area contributed by atoms with E-state index in [1.54, 1.807) is 6.07 Å². The maximum atomic E-state index is 12.6. The Morgan fingerprint density at radius 3 is 2.90 bits per heavy atom. The summed E-state index contributed by atoms with van der Waals surface area (Å²) in [6.45, 7) is 0.317. The molecule has 1 saturated heterocycles. The Balaban J connectivity index is 2.39. The third kappa shape index (κ3) is 2.53. The average molecular weight is 293 g/mol. The Morgan fingerprint density at radius 1 is 1.50 bits per heavy atom. The monoisotopic (exact) mass is 293 g/mol. The molecule has 2 rings (SSSR count). The minimum atomic E-state index is -3.75. The van der Waals surface area contributed by atoms with Gasteiger partial charge in [-0.05, 0) is 31.0 Å². The Bertz CT molecular complexity index is 664. The van der Waals surface area contributed by atoms with Crippen molar-refractivity contribution in [3.8, 4) is 6.07 Å². The van der Waals surface area contributed by atoms with Crippen molar-refractivity contribution in [2.24, 2.45) is 0 Å². The molecule has 1 fully saturated rings. The van der Waals surface area contributed by atoms with Crippen LogP contribution in [0.4, 0.5) is 0 Å². The van der Waals surface area contributed by atoms with Crippen LogP contribution in [0.1, 0.15) is 18.4 Å². The van der Waals surface area contributed by atoms with Crippen LogP contribution in [0.3, 0.4) is 0 Å². The summed E-state index contributed by atoms with van der Waals surface area (Å²) in [5.74, 6) is -0.303. The lowest BCUT2D eigenvalue weighted by molar-refractivity contribution is -0.123. The Labute approximate surface area is 118 Å². The number of nitrogens with one attached hydrogen (secondary N) is 1. The Kier molecular flexibility index (Phi) is 4.06. The molecule has 1 unspecified atom stereocenters. The summed E-state index contributed by atoms with van der Waals surface area (Å²) in [4.78, 5) is 11.8. The van der Waals surface area contributed by atoms with E-state index in [2.05, 4.69) is 5.32 Å². The maximum absolute atomic E-state index is 12.6. The highest BCUT2D eigenvalue weighted by Crippen LogP contribution is 2.26. The summed E-state index contributed by atoms with van der Waals surface area (Å²) in [7, 11) is -2.27. The van der Waals surface area contributed by atoms with Crippen molar-refractivity contribution in [3.05, 3.63) is 29.8 Å². The van der Waals surface area contributed by atoms with Crippen molar-refractivity contribution in [1.82, 2.24) is 9.62 Å². The highest BCUT2D eigenvalue weighted by Gasteiger charge is 2.39. The van der Waals surface area contributed by atoms with E-state index in [-0.39, 0.29) is 16.4 Å². The molecule has 0 spiro atoms. The highest BCUT2D eigenvalue weighted by molar-refractivity contribution is 7.89. The third-order valence-electron chi connectivity index (χ3n) is 3.32. The van der Waals surface area contributed by atoms with Gasteiger partial charge in [-0.25, -0.2) is 8.42 Å². The van der Waals surface area contributed by atoms with E-state index in [0.29, 0.717) is 19.4 Å². The van der Waals surface area contributed by atoms with Crippen molar-refractivity contribution in [2.45, 2.75) is 23.8 Å². The van der Waals surface area contributed by atoms with Crippen LogP contribution < -0.4 is 5.32 Å². The van der Waals surface area contributed by atoms with Gasteiger partial charge in [-0.2, -0.15) is 9.57 Å². The minimum Gasteiger partial charge on any atom is -0.358 e. The van der Waals surface area contributed by atoms with Crippen molar-refractivity contribution in [2.75, 3.05) is 13.6 Å². The summed E-state index contributed by atoms with van der Waals surface area (Å²) < 4.78 is 26.4. The fourth-order valence-corrected chi connectivity index (χ4v) is 4.02. The standard InChI is InChI=1S/C13H15N3O3S/c1-15-13(17)12-6-3-7-16(12)20(18,19)11-5-2-4-10(8-11)9-14/h2,4-5,8,12H,3,6-7H2,1H3,(H,15,17). The van der Waals surface area contributed by atoms with Crippen molar-refractivity contribution in [1.29, 1.82) is 5.26 Å². The van der Waals surface area contributed by atoms with Crippen LogP contribution in [-0.2, 0) is 14.8 Å². The molecular weight excluding hydrogens is 278 g/mol. The van der Waals surface area contributed by atoms with E-state index in [1.165, 1.54) is 29.6 Å². The zero-order chi connectivity index (χ0) is 14.8. The SMILES string of the molecule is CNC(=O)C1CCCN1S(=O)(=O)c1cccc(C#N)c1. The molecule has 0 aliphatic carbocycles. The van der Waals surface area contributed by atoms with Gasteiger partial charge < -0.3 is 5.32 Å². The molecule has 1 aromatic carbocycles. The predicted octanol–water partition coefficient (Wildman–Crippen LogP) is 0.457. The normalized spacial score (nSPS) is 19.5. The number of likely N-dealkylation sites (N-methyl/N-ethyl adjacent to an activating group) is 1. The summed E-state index contributed by atoms with van der Waals surface area (Å²) in [6, 6.07) is 7.08. The molecule has 1 aliphatic rings. The van der Waals surface area contributed by atoms with Gasteiger partial charge >= 0.3 is 0 Å². The van der Waals surface area contributed by atoms with Crippen LogP contribution in [-0.4, -0.2) is 38.3 Å². The number of amides is 1. The zero-order valence-electron chi connectivity index (χ0n) is 11.0. The summed E-state index contributed by atoms with van der Waals surface area (Å²) in [5.41, 5.74) is 0.279. The van der Waals surface area contributed by atoms with Gasteiger partial charge in [0.1, 0.15) is 6.04 Å². The Hall–Kier alpha value is -1.91. The molecule has 0 saturated carbocycles. The van der Waals surface area contributed by atoms with Gasteiger partial charge in [0.2, 0.25) is 15.9 Å². The second-order valence-electron chi connectivity index (χ2n) is 4.53. The van der Waals surface area contributed by atoms with Crippen LogP contribution in [0, 0.1) is 11.3 Å². The number of carbonyl (C=O) groups is 1. The van der Waals surface area contributed by atoms with Crippen LogP contribution >= 0.6 is 0 Å². The second kappa shape index (κ2) is 5.61. The van der Waals surface area contributed by atoms with Crippen molar-refractivity contribution < 1.29 is 13.2 Å². The molecule has 1 aromatic rings. The first-order chi connectivity index (χ1) is 9.50. The quantitative estimate of drug-likeness (QED) is 0.876. The number of nitrogens with zero attached hydrogens (tertiary/aromatic N) is 2. The second-order valence-corrected chi connectivity index (χ2v) is 6.42.